The number of aromatic hydroxyl groups is 1. The van der Waals surface area contributed by atoms with Gasteiger partial charge in [0.25, 0.3) is 0 Å². The fourth-order valence-corrected chi connectivity index (χ4v) is 3.97. The van der Waals surface area contributed by atoms with Crippen molar-refractivity contribution in [1.29, 1.82) is 5.26 Å². The molecule has 0 saturated carbocycles. The van der Waals surface area contributed by atoms with Gasteiger partial charge in [-0.05, 0) is 49.1 Å². The number of aryl methyl sites for hydroxylation is 2. The number of hydrogen-bond acceptors (Lipinski definition) is 6. The number of benzene rings is 2. The van der Waals surface area contributed by atoms with Crippen LogP contribution in [-0.2, 0) is 7.05 Å². The first-order valence-corrected chi connectivity index (χ1v) is 11.2. The van der Waals surface area contributed by atoms with E-state index in [-0.39, 0.29) is 17.4 Å². The maximum atomic E-state index is 14.6. The van der Waals surface area contributed by atoms with Gasteiger partial charge in [-0.15, -0.1) is 0 Å². The summed E-state index contributed by atoms with van der Waals surface area (Å²) < 4.78 is 16.3. The standard InChI is InChI=1S/C26H27FN6O/c1-4-19(29)9-10-30-26-25-20(14-31-33(25)3)23(16-6-5-15(2)22(34)12-16)24(32-26)17-7-8-18(13-28)21(27)11-17/h5-8,11-12,14,19,34H,4,9-10,29H2,1-3H3,(H,30,32). The molecule has 1 unspecified atom stereocenters. The number of phenols is 1. The number of nitrogens with zero attached hydrogens (tertiary/aromatic N) is 4. The van der Waals surface area contributed by atoms with Gasteiger partial charge in [0, 0.05) is 36.1 Å². The molecule has 1 atom stereocenters. The third kappa shape index (κ3) is 4.30. The fraction of sp³-hybridized carbons (Fsp3) is 0.269. The summed E-state index contributed by atoms with van der Waals surface area (Å²) in [6.07, 6.45) is 3.39. The quantitative estimate of drug-likeness (QED) is 0.364. The number of pyridine rings is 1. The zero-order valence-electron chi connectivity index (χ0n) is 19.4. The van der Waals surface area contributed by atoms with Crippen LogP contribution >= 0.6 is 0 Å². The van der Waals surface area contributed by atoms with E-state index in [9.17, 15) is 9.50 Å². The molecule has 0 radical (unpaired) electrons. The van der Waals surface area contributed by atoms with Gasteiger partial charge in [0.05, 0.1) is 17.5 Å². The molecule has 174 valence electrons. The van der Waals surface area contributed by atoms with Crippen molar-refractivity contribution in [3.8, 4) is 34.2 Å². The van der Waals surface area contributed by atoms with E-state index in [0.717, 1.165) is 40.4 Å². The minimum absolute atomic E-state index is 0.0346. The molecule has 0 saturated heterocycles. The van der Waals surface area contributed by atoms with Crippen LogP contribution in [-0.4, -0.2) is 32.5 Å². The topological polar surface area (TPSA) is 113 Å². The minimum Gasteiger partial charge on any atom is -0.508 e. The van der Waals surface area contributed by atoms with Crippen LogP contribution in [0.4, 0.5) is 10.2 Å². The predicted molar refractivity (Wildman–Crippen MR) is 132 cm³/mol. The number of aromatic nitrogens is 3. The molecule has 4 N–H and O–H groups in total. The van der Waals surface area contributed by atoms with Gasteiger partial charge in [0.2, 0.25) is 0 Å². The molecule has 0 amide bonds. The molecule has 0 aliphatic carbocycles. The Hall–Kier alpha value is -3.96. The number of nitriles is 1. The molecule has 2 aromatic heterocycles. The second kappa shape index (κ2) is 9.49. The molecule has 2 aromatic carbocycles. The number of hydrogen-bond donors (Lipinski definition) is 3. The molecule has 0 aliphatic heterocycles. The second-order valence-electron chi connectivity index (χ2n) is 8.41. The van der Waals surface area contributed by atoms with Gasteiger partial charge in [0.15, 0.2) is 5.82 Å². The van der Waals surface area contributed by atoms with Crippen molar-refractivity contribution in [2.45, 2.75) is 32.7 Å². The summed E-state index contributed by atoms with van der Waals surface area (Å²) in [6.45, 7) is 4.49. The summed E-state index contributed by atoms with van der Waals surface area (Å²) in [5.41, 5.74) is 10.1. The lowest BCUT2D eigenvalue weighted by molar-refractivity contribution is 0.471. The van der Waals surface area contributed by atoms with Crippen LogP contribution in [0.5, 0.6) is 5.75 Å². The average Bonchev–Trinajstić information content (AvgIpc) is 3.22. The van der Waals surface area contributed by atoms with Crippen LogP contribution in [0.25, 0.3) is 33.3 Å². The molecule has 34 heavy (non-hydrogen) atoms. The van der Waals surface area contributed by atoms with Gasteiger partial charge in [-0.3, -0.25) is 4.68 Å². The van der Waals surface area contributed by atoms with E-state index in [1.54, 1.807) is 23.0 Å². The van der Waals surface area contributed by atoms with E-state index in [0.29, 0.717) is 23.6 Å². The molecule has 4 rings (SSSR count). The van der Waals surface area contributed by atoms with Gasteiger partial charge in [-0.2, -0.15) is 10.4 Å². The second-order valence-corrected chi connectivity index (χ2v) is 8.41. The van der Waals surface area contributed by atoms with Crippen molar-refractivity contribution in [1.82, 2.24) is 14.8 Å². The average molecular weight is 459 g/mol. The minimum atomic E-state index is -0.616. The van der Waals surface area contributed by atoms with E-state index in [2.05, 4.69) is 10.4 Å². The normalized spacial score (nSPS) is 12.0. The van der Waals surface area contributed by atoms with Crippen molar-refractivity contribution < 1.29 is 9.50 Å². The van der Waals surface area contributed by atoms with Gasteiger partial charge in [0.1, 0.15) is 23.2 Å². The molecule has 0 aliphatic rings. The summed E-state index contributed by atoms with van der Waals surface area (Å²) in [5, 5.41) is 28.2. The Kier molecular flexibility index (Phi) is 6.48. The maximum Gasteiger partial charge on any atom is 0.152 e. The molecule has 0 spiro atoms. The summed E-state index contributed by atoms with van der Waals surface area (Å²) in [4.78, 5) is 4.91. The number of nitrogens with one attached hydrogen (secondary N) is 1. The van der Waals surface area contributed by atoms with E-state index >= 15 is 0 Å². The Balaban J connectivity index is 1.97. The van der Waals surface area contributed by atoms with Crippen molar-refractivity contribution in [3.63, 3.8) is 0 Å². The number of rotatable bonds is 7. The Labute approximate surface area is 197 Å². The lowest BCUT2D eigenvalue weighted by Gasteiger charge is -2.17. The zero-order valence-corrected chi connectivity index (χ0v) is 19.4. The maximum absolute atomic E-state index is 14.6. The smallest absolute Gasteiger partial charge is 0.152 e. The van der Waals surface area contributed by atoms with Crippen molar-refractivity contribution in [2.24, 2.45) is 12.8 Å². The van der Waals surface area contributed by atoms with Crippen LogP contribution in [0.15, 0.2) is 42.6 Å². The number of halogens is 1. The third-order valence-corrected chi connectivity index (χ3v) is 6.09. The number of anilines is 1. The molecular formula is C26H27FN6O. The van der Waals surface area contributed by atoms with E-state index in [1.165, 1.54) is 12.1 Å². The number of fused-ring (bicyclic) bond motifs is 1. The van der Waals surface area contributed by atoms with Crippen molar-refractivity contribution >= 4 is 16.7 Å². The molecular weight excluding hydrogens is 431 g/mol. The van der Waals surface area contributed by atoms with Gasteiger partial charge >= 0.3 is 0 Å². The first-order chi connectivity index (χ1) is 16.3. The Morgan fingerprint density at radius 3 is 2.68 bits per heavy atom. The van der Waals surface area contributed by atoms with Crippen molar-refractivity contribution in [2.75, 3.05) is 11.9 Å². The highest BCUT2D eigenvalue weighted by Gasteiger charge is 2.21. The molecule has 0 bridgehead atoms. The van der Waals surface area contributed by atoms with Crippen LogP contribution < -0.4 is 11.1 Å². The summed E-state index contributed by atoms with van der Waals surface area (Å²) in [6, 6.07) is 11.8. The predicted octanol–water partition coefficient (Wildman–Crippen LogP) is 4.87. The lowest BCUT2D eigenvalue weighted by atomic mass is 9.94. The van der Waals surface area contributed by atoms with Crippen LogP contribution in [0, 0.1) is 24.1 Å². The third-order valence-electron chi connectivity index (χ3n) is 6.09. The highest BCUT2D eigenvalue weighted by Crippen LogP contribution is 2.41. The highest BCUT2D eigenvalue weighted by atomic mass is 19.1. The largest absolute Gasteiger partial charge is 0.508 e. The van der Waals surface area contributed by atoms with Crippen LogP contribution in [0.2, 0.25) is 0 Å². The van der Waals surface area contributed by atoms with E-state index in [4.69, 9.17) is 16.0 Å². The van der Waals surface area contributed by atoms with Gasteiger partial charge in [-0.25, -0.2) is 9.37 Å². The Morgan fingerprint density at radius 2 is 2.00 bits per heavy atom. The first kappa shape index (κ1) is 23.2. The van der Waals surface area contributed by atoms with E-state index in [1.807, 2.05) is 39.1 Å². The molecule has 2 heterocycles. The van der Waals surface area contributed by atoms with E-state index < -0.39 is 5.82 Å². The molecule has 0 fully saturated rings. The molecule has 7 nitrogen and oxygen atoms in total. The number of nitrogens with two attached hydrogens (primary N) is 1. The SMILES string of the molecule is CCC(N)CCNc1nc(-c2ccc(C#N)c(F)c2)c(-c2ccc(C)c(O)c2)c2cnn(C)c12. The summed E-state index contributed by atoms with van der Waals surface area (Å²) in [5.74, 6) is 0.148. The molecule has 8 heteroatoms. The van der Waals surface area contributed by atoms with Crippen LogP contribution in [0.3, 0.4) is 0 Å². The zero-order chi connectivity index (χ0) is 24.4. The number of phenolic OH excluding ortho intramolecular Hbond substituents is 1. The highest BCUT2D eigenvalue weighted by molar-refractivity contribution is 6.05. The summed E-state index contributed by atoms with van der Waals surface area (Å²) in [7, 11) is 1.84. The molecule has 4 aromatic rings. The fourth-order valence-electron chi connectivity index (χ4n) is 3.97. The first-order valence-electron chi connectivity index (χ1n) is 11.2. The van der Waals surface area contributed by atoms with Crippen LogP contribution in [0.1, 0.15) is 30.9 Å². The Bertz CT molecular complexity index is 1400. The van der Waals surface area contributed by atoms with Gasteiger partial charge < -0.3 is 16.2 Å². The van der Waals surface area contributed by atoms with Gasteiger partial charge in [-0.1, -0.05) is 25.1 Å². The van der Waals surface area contributed by atoms with Crippen molar-refractivity contribution in [3.05, 3.63) is 59.5 Å². The monoisotopic (exact) mass is 458 g/mol. The summed E-state index contributed by atoms with van der Waals surface area (Å²) >= 11 is 0. The Morgan fingerprint density at radius 1 is 1.24 bits per heavy atom. The lowest BCUT2D eigenvalue weighted by Crippen LogP contribution is -2.22.